The molecule has 2 rings (SSSR count). The van der Waals surface area contributed by atoms with Gasteiger partial charge in [0.25, 0.3) is 0 Å². The lowest BCUT2D eigenvalue weighted by molar-refractivity contribution is 0.664. The topological polar surface area (TPSA) is 36.4 Å². The van der Waals surface area contributed by atoms with E-state index in [1.807, 2.05) is 11.8 Å². The van der Waals surface area contributed by atoms with Crippen molar-refractivity contribution in [2.24, 2.45) is 10.9 Å². The van der Waals surface area contributed by atoms with Gasteiger partial charge in [0.1, 0.15) is 0 Å². The van der Waals surface area contributed by atoms with Crippen LogP contribution in [-0.2, 0) is 0 Å². The standard InChI is InChI=1S/C8H15N3S/c1-2-9-5-7(1)6-12-8-10-3-4-11-8/h7,9H,1-6H2,(H,10,11). The predicted octanol–water partition coefficient (Wildman–Crippen LogP) is 0.288. The molecule has 2 N–H and O–H groups in total. The van der Waals surface area contributed by atoms with Gasteiger partial charge in [-0.2, -0.15) is 0 Å². The van der Waals surface area contributed by atoms with Gasteiger partial charge in [-0.3, -0.25) is 4.99 Å². The zero-order chi connectivity index (χ0) is 8.23. The van der Waals surface area contributed by atoms with Gasteiger partial charge >= 0.3 is 0 Å². The van der Waals surface area contributed by atoms with E-state index < -0.39 is 0 Å². The van der Waals surface area contributed by atoms with E-state index in [0.717, 1.165) is 24.2 Å². The number of rotatable bonds is 2. The van der Waals surface area contributed by atoms with E-state index in [4.69, 9.17) is 0 Å². The summed E-state index contributed by atoms with van der Waals surface area (Å²) < 4.78 is 0. The second-order valence-electron chi connectivity index (χ2n) is 3.28. The highest BCUT2D eigenvalue weighted by molar-refractivity contribution is 8.13. The highest BCUT2D eigenvalue weighted by Gasteiger charge is 2.16. The van der Waals surface area contributed by atoms with Crippen LogP contribution in [0, 0.1) is 5.92 Å². The van der Waals surface area contributed by atoms with Gasteiger partial charge in [0, 0.05) is 12.3 Å². The van der Waals surface area contributed by atoms with Crippen LogP contribution in [0.15, 0.2) is 4.99 Å². The van der Waals surface area contributed by atoms with Crippen LogP contribution in [0.4, 0.5) is 0 Å². The summed E-state index contributed by atoms with van der Waals surface area (Å²) in [5.74, 6) is 2.08. The minimum Gasteiger partial charge on any atom is -0.363 e. The average Bonchev–Trinajstić information content (AvgIpc) is 2.74. The Balaban J connectivity index is 1.67. The van der Waals surface area contributed by atoms with Gasteiger partial charge in [-0.1, -0.05) is 11.8 Å². The third-order valence-corrected chi connectivity index (χ3v) is 3.45. The molecule has 1 fully saturated rings. The van der Waals surface area contributed by atoms with E-state index in [1.165, 1.54) is 25.3 Å². The van der Waals surface area contributed by atoms with E-state index in [2.05, 4.69) is 15.6 Å². The molecular formula is C8H15N3S. The summed E-state index contributed by atoms with van der Waals surface area (Å²) in [6, 6.07) is 0. The summed E-state index contributed by atoms with van der Waals surface area (Å²) in [4.78, 5) is 4.34. The SMILES string of the molecule is C1CNC(SCC2CCNC2)=N1. The molecule has 0 saturated carbocycles. The van der Waals surface area contributed by atoms with Crippen LogP contribution in [-0.4, -0.2) is 37.1 Å². The van der Waals surface area contributed by atoms with Crippen molar-refractivity contribution in [2.45, 2.75) is 6.42 Å². The minimum atomic E-state index is 0.861. The molecule has 0 aromatic rings. The molecule has 2 aliphatic heterocycles. The van der Waals surface area contributed by atoms with Crippen molar-refractivity contribution in [3.05, 3.63) is 0 Å². The Bertz CT molecular complexity index is 175. The third kappa shape index (κ3) is 2.14. The zero-order valence-corrected chi connectivity index (χ0v) is 7.99. The lowest BCUT2D eigenvalue weighted by Crippen LogP contribution is -2.17. The van der Waals surface area contributed by atoms with Crippen molar-refractivity contribution in [3.63, 3.8) is 0 Å². The fourth-order valence-electron chi connectivity index (χ4n) is 1.53. The number of thioether (sulfide) groups is 1. The van der Waals surface area contributed by atoms with E-state index in [9.17, 15) is 0 Å². The van der Waals surface area contributed by atoms with Crippen LogP contribution >= 0.6 is 11.8 Å². The van der Waals surface area contributed by atoms with E-state index in [-0.39, 0.29) is 0 Å². The molecule has 1 unspecified atom stereocenters. The van der Waals surface area contributed by atoms with Crippen LogP contribution in [0.1, 0.15) is 6.42 Å². The van der Waals surface area contributed by atoms with Gasteiger partial charge in [0.2, 0.25) is 0 Å². The maximum absolute atomic E-state index is 4.34. The molecule has 2 heterocycles. The first-order valence-electron chi connectivity index (χ1n) is 4.57. The number of hydrogen-bond acceptors (Lipinski definition) is 4. The first-order chi connectivity index (χ1) is 5.95. The van der Waals surface area contributed by atoms with Crippen molar-refractivity contribution < 1.29 is 0 Å². The van der Waals surface area contributed by atoms with Gasteiger partial charge in [-0.05, 0) is 25.4 Å². The quantitative estimate of drug-likeness (QED) is 0.649. The molecule has 3 nitrogen and oxygen atoms in total. The molecule has 0 radical (unpaired) electrons. The van der Waals surface area contributed by atoms with Crippen molar-refractivity contribution in [2.75, 3.05) is 31.9 Å². The Morgan fingerprint density at radius 2 is 2.50 bits per heavy atom. The highest BCUT2D eigenvalue weighted by atomic mass is 32.2. The van der Waals surface area contributed by atoms with Gasteiger partial charge in [0.15, 0.2) is 5.17 Å². The smallest absolute Gasteiger partial charge is 0.156 e. The third-order valence-electron chi connectivity index (χ3n) is 2.26. The normalized spacial score (nSPS) is 28.7. The summed E-state index contributed by atoms with van der Waals surface area (Å²) in [6.45, 7) is 4.39. The summed E-state index contributed by atoms with van der Waals surface area (Å²) >= 11 is 1.88. The average molecular weight is 185 g/mol. The number of aliphatic imine (C=N–C) groups is 1. The van der Waals surface area contributed by atoms with Crippen LogP contribution < -0.4 is 10.6 Å². The highest BCUT2D eigenvalue weighted by Crippen LogP contribution is 2.16. The van der Waals surface area contributed by atoms with Gasteiger partial charge in [-0.25, -0.2) is 0 Å². The van der Waals surface area contributed by atoms with Crippen LogP contribution in [0.2, 0.25) is 0 Å². The lowest BCUT2D eigenvalue weighted by atomic mass is 10.2. The summed E-state index contributed by atoms with van der Waals surface area (Å²) in [6.07, 6.45) is 1.33. The monoisotopic (exact) mass is 185 g/mol. The van der Waals surface area contributed by atoms with Gasteiger partial charge < -0.3 is 10.6 Å². The van der Waals surface area contributed by atoms with Crippen LogP contribution in [0.5, 0.6) is 0 Å². The molecule has 0 aliphatic carbocycles. The van der Waals surface area contributed by atoms with Crippen LogP contribution in [0.25, 0.3) is 0 Å². The molecule has 0 amide bonds. The predicted molar refractivity (Wildman–Crippen MR) is 53.7 cm³/mol. The fourth-order valence-corrected chi connectivity index (χ4v) is 2.59. The molecule has 1 saturated heterocycles. The Hall–Kier alpha value is -0.220. The van der Waals surface area contributed by atoms with E-state index >= 15 is 0 Å². The Kier molecular flexibility index (Phi) is 2.89. The van der Waals surface area contributed by atoms with E-state index in [0.29, 0.717) is 0 Å². The number of hydrogen-bond donors (Lipinski definition) is 2. The molecular weight excluding hydrogens is 170 g/mol. The molecule has 1 atom stereocenters. The zero-order valence-electron chi connectivity index (χ0n) is 7.18. The Morgan fingerprint density at radius 1 is 1.50 bits per heavy atom. The minimum absolute atomic E-state index is 0.861. The fraction of sp³-hybridized carbons (Fsp3) is 0.875. The molecule has 68 valence electrons. The van der Waals surface area contributed by atoms with E-state index in [1.54, 1.807) is 0 Å². The number of nitrogens with zero attached hydrogens (tertiary/aromatic N) is 1. The summed E-state index contributed by atoms with van der Waals surface area (Å²) in [5.41, 5.74) is 0. The molecule has 0 spiro atoms. The van der Waals surface area contributed by atoms with Gasteiger partial charge in [0.05, 0.1) is 6.54 Å². The largest absolute Gasteiger partial charge is 0.363 e. The lowest BCUT2D eigenvalue weighted by Gasteiger charge is -2.06. The van der Waals surface area contributed by atoms with Crippen molar-refractivity contribution >= 4 is 16.9 Å². The second-order valence-corrected chi connectivity index (χ2v) is 4.29. The maximum atomic E-state index is 4.34. The second kappa shape index (κ2) is 4.14. The Morgan fingerprint density at radius 3 is 3.17 bits per heavy atom. The molecule has 2 aliphatic rings. The Labute approximate surface area is 77.4 Å². The molecule has 4 heteroatoms. The first-order valence-corrected chi connectivity index (χ1v) is 5.55. The van der Waals surface area contributed by atoms with Crippen LogP contribution in [0.3, 0.4) is 0 Å². The summed E-state index contributed by atoms with van der Waals surface area (Å²) in [7, 11) is 0. The molecule has 0 bridgehead atoms. The van der Waals surface area contributed by atoms with Crippen molar-refractivity contribution in [1.82, 2.24) is 10.6 Å². The molecule has 12 heavy (non-hydrogen) atoms. The molecule has 0 aromatic heterocycles. The maximum Gasteiger partial charge on any atom is 0.156 e. The first kappa shape index (κ1) is 8.38. The van der Waals surface area contributed by atoms with Crippen molar-refractivity contribution in [3.8, 4) is 0 Å². The van der Waals surface area contributed by atoms with Crippen molar-refractivity contribution in [1.29, 1.82) is 0 Å². The van der Waals surface area contributed by atoms with Gasteiger partial charge in [-0.15, -0.1) is 0 Å². The number of nitrogens with one attached hydrogen (secondary N) is 2. The summed E-state index contributed by atoms with van der Waals surface area (Å²) in [5, 5.41) is 7.80. The number of amidine groups is 1. The molecule has 0 aromatic carbocycles.